The van der Waals surface area contributed by atoms with Crippen molar-refractivity contribution in [1.82, 2.24) is 9.80 Å². The lowest BCUT2D eigenvalue weighted by Gasteiger charge is -2.39. The van der Waals surface area contributed by atoms with Crippen LogP contribution >= 0.6 is 0 Å². The largest absolute Gasteiger partial charge is 0.481 e. The second kappa shape index (κ2) is 5.98. The van der Waals surface area contributed by atoms with E-state index in [1.807, 2.05) is 18.2 Å². The lowest BCUT2D eigenvalue weighted by Crippen LogP contribution is -2.52. The molecule has 18 heavy (non-hydrogen) atoms. The molecule has 4 nitrogen and oxygen atoms in total. The number of hydrogen-bond acceptors (Lipinski definition) is 3. The lowest BCUT2D eigenvalue weighted by molar-refractivity contribution is -0.139. The molecule has 1 aliphatic rings. The molecular weight excluding hydrogens is 228 g/mol. The normalized spacial score (nSPS) is 21.9. The maximum absolute atomic E-state index is 10.9. The van der Waals surface area contributed by atoms with Gasteiger partial charge in [-0.3, -0.25) is 9.69 Å². The molecule has 4 heteroatoms. The quantitative estimate of drug-likeness (QED) is 0.871. The summed E-state index contributed by atoms with van der Waals surface area (Å²) < 4.78 is 0. The first-order valence-corrected chi connectivity index (χ1v) is 6.33. The van der Waals surface area contributed by atoms with Crippen molar-refractivity contribution in [1.29, 1.82) is 0 Å². The molecular formula is C14H20N2O2. The third-order valence-corrected chi connectivity index (χ3v) is 3.45. The predicted molar refractivity (Wildman–Crippen MR) is 70.4 cm³/mol. The summed E-state index contributed by atoms with van der Waals surface area (Å²) in [7, 11) is 2.05. The van der Waals surface area contributed by atoms with Crippen LogP contribution in [0.1, 0.15) is 12.0 Å². The minimum Gasteiger partial charge on any atom is -0.481 e. The molecule has 0 amide bonds. The zero-order chi connectivity index (χ0) is 13.0. The highest BCUT2D eigenvalue weighted by molar-refractivity contribution is 5.67. The van der Waals surface area contributed by atoms with E-state index in [4.69, 9.17) is 5.11 Å². The van der Waals surface area contributed by atoms with E-state index >= 15 is 0 Å². The minimum absolute atomic E-state index is 0.112. The summed E-state index contributed by atoms with van der Waals surface area (Å²) in [5.74, 6) is -0.714. The lowest BCUT2D eigenvalue weighted by atomic mass is 10.1. The van der Waals surface area contributed by atoms with Crippen molar-refractivity contribution in [3.8, 4) is 0 Å². The third kappa shape index (κ3) is 3.55. The maximum atomic E-state index is 10.9. The number of aliphatic carboxylic acids is 1. The predicted octanol–water partition coefficient (Wildman–Crippen LogP) is 1.28. The van der Waals surface area contributed by atoms with Crippen LogP contribution in [-0.2, 0) is 11.3 Å². The molecule has 98 valence electrons. The highest BCUT2D eigenvalue weighted by Crippen LogP contribution is 2.15. The summed E-state index contributed by atoms with van der Waals surface area (Å²) in [5.41, 5.74) is 1.25. The number of piperazine rings is 1. The molecule has 0 bridgehead atoms. The molecule has 1 aliphatic heterocycles. The van der Waals surface area contributed by atoms with Gasteiger partial charge < -0.3 is 10.0 Å². The Kier molecular flexibility index (Phi) is 4.33. The van der Waals surface area contributed by atoms with Gasteiger partial charge in [0.25, 0.3) is 0 Å². The Balaban J connectivity index is 2.02. The summed E-state index contributed by atoms with van der Waals surface area (Å²) in [5, 5.41) is 8.99. The summed E-state index contributed by atoms with van der Waals surface area (Å²) in [6.07, 6.45) is 0.219. The van der Waals surface area contributed by atoms with Crippen LogP contribution in [0.3, 0.4) is 0 Å². The highest BCUT2D eigenvalue weighted by atomic mass is 16.4. The van der Waals surface area contributed by atoms with Gasteiger partial charge in [0.1, 0.15) is 0 Å². The first-order chi connectivity index (χ1) is 8.65. The number of likely N-dealkylation sites (N-methyl/N-ethyl adjacent to an activating group) is 1. The van der Waals surface area contributed by atoms with E-state index in [9.17, 15) is 4.79 Å². The average Bonchev–Trinajstić information content (AvgIpc) is 2.33. The van der Waals surface area contributed by atoms with Gasteiger partial charge in [-0.2, -0.15) is 0 Å². The number of nitrogens with zero attached hydrogens (tertiary/aromatic N) is 2. The van der Waals surface area contributed by atoms with E-state index in [1.165, 1.54) is 5.56 Å². The first kappa shape index (κ1) is 13.1. The molecule has 0 spiro atoms. The SMILES string of the molecule is CN1CCN(Cc2ccccc2)[C@@H](CC(=O)O)C1. The van der Waals surface area contributed by atoms with Crippen LogP contribution in [0.5, 0.6) is 0 Å². The van der Waals surface area contributed by atoms with Gasteiger partial charge in [-0.1, -0.05) is 30.3 Å². The zero-order valence-corrected chi connectivity index (χ0v) is 10.7. The van der Waals surface area contributed by atoms with Crippen molar-refractivity contribution in [2.75, 3.05) is 26.7 Å². The fraction of sp³-hybridized carbons (Fsp3) is 0.500. The summed E-state index contributed by atoms with van der Waals surface area (Å²) >= 11 is 0. The molecule has 1 aromatic carbocycles. The molecule has 0 radical (unpaired) electrons. The van der Waals surface area contributed by atoms with Crippen molar-refractivity contribution in [2.24, 2.45) is 0 Å². The fourth-order valence-corrected chi connectivity index (χ4v) is 2.47. The maximum Gasteiger partial charge on any atom is 0.304 e. The van der Waals surface area contributed by atoms with Gasteiger partial charge >= 0.3 is 5.97 Å². The van der Waals surface area contributed by atoms with Crippen LogP contribution in [0, 0.1) is 0 Å². The standard InChI is InChI=1S/C14H20N2O2/c1-15-7-8-16(13(11-15)9-14(17)18)10-12-5-3-2-4-6-12/h2-6,13H,7-11H2,1H3,(H,17,18)/t13-/m0/s1. The van der Waals surface area contributed by atoms with Gasteiger partial charge in [0.15, 0.2) is 0 Å². The third-order valence-electron chi connectivity index (χ3n) is 3.45. The minimum atomic E-state index is -0.714. The number of benzene rings is 1. The van der Waals surface area contributed by atoms with Crippen molar-refractivity contribution in [3.63, 3.8) is 0 Å². The smallest absolute Gasteiger partial charge is 0.304 e. The second-order valence-corrected chi connectivity index (χ2v) is 4.97. The number of carbonyl (C=O) groups is 1. The van der Waals surface area contributed by atoms with Gasteiger partial charge in [-0.25, -0.2) is 0 Å². The Morgan fingerprint density at radius 3 is 2.72 bits per heavy atom. The highest BCUT2D eigenvalue weighted by Gasteiger charge is 2.26. The molecule has 1 atom stereocenters. The van der Waals surface area contributed by atoms with Gasteiger partial charge in [-0.15, -0.1) is 0 Å². The van der Waals surface area contributed by atoms with E-state index in [1.54, 1.807) is 0 Å². The van der Waals surface area contributed by atoms with Crippen LogP contribution < -0.4 is 0 Å². The zero-order valence-electron chi connectivity index (χ0n) is 10.7. The Bertz CT molecular complexity index is 394. The van der Waals surface area contributed by atoms with E-state index < -0.39 is 5.97 Å². The molecule has 0 aliphatic carbocycles. The number of carboxylic acid groups (broad SMARTS) is 1. The Morgan fingerprint density at radius 2 is 2.06 bits per heavy atom. The molecule has 1 aromatic rings. The molecule has 0 aromatic heterocycles. The van der Waals surface area contributed by atoms with Crippen LogP contribution in [0.25, 0.3) is 0 Å². The van der Waals surface area contributed by atoms with Gasteiger partial charge in [0.2, 0.25) is 0 Å². The fourth-order valence-electron chi connectivity index (χ4n) is 2.47. The molecule has 0 unspecified atom stereocenters. The van der Waals surface area contributed by atoms with E-state index in [0.29, 0.717) is 0 Å². The average molecular weight is 248 g/mol. The molecule has 0 saturated carbocycles. The molecule has 2 rings (SSSR count). The van der Waals surface area contributed by atoms with Crippen molar-refractivity contribution in [3.05, 3.63) is 35.9 Å². The number of rotatable bonds is 4. The van der Waals surface area contributed by atoms with Crippen LogP contribution in [-0.4, -0.2) is 53.6 Å². The number of hydrogen-bond donors (Lipinski definition) is 1. The molecule has 1 heterocycles. The van der Waals surface area contributed by atoms with E-state index in [2.05, 4.69) is 29.0 Å². The van der Waals surface area contributed by atoms with Crippen molar-refractivity contribution >= 4 is 5.97 Å². The van der Waals surface area contributed by atoms with Gasteiger partial charge in [0, 0.05) is 32.2 Å². The molecule has 1 fully saturated rings. The molecule has 1 saturated heterocycles. The Labute approximate surface area is 108 Å². The Hall–Kier alpha value is -1.39. The number of carboxylic acids is 1. The van der Waals surface area contributed by atoms with E-state index in [-0.39, 0.29) is 12.5 Å². The second-order valence-electron chi connectivity index (χ2n) is 4.97. The van der Waals surface area contributed by atoms with Crippen LogP contribution in [0.4, 0.5) is 0 Å². The summed E-state index contributed by atoms with van der Waals surface area (Å²) in [6, 6.07) is 10.4. The van der Waals surface area contributed by atoms with Crippen molar-refractivity contribution < 1.29 is 9.90 Å². The topological polar surface area (TPSA) is 43.8 Å². The first-order valence-electron chi connectivity index (χ1n) is 6.33. The monoisotopic (exact) mass is 248 g/mol. The van der Waals surface area contributed by atoms with Gasteiger partial charge in [-0.05, 0) is 12.6 Å². The van der Waals surface area contributed by atoms with Crippen LogP contribution in [0.2, 0.25) is 0 Å². The van der Waals surface area contributed by atoms with Crippen LogP contribution in [0.15, 0.2) is 30.3 Å². The summed E-state index contributed by atoms with van der Waals surface area (Å²) in [4.78, 5) is 15.4. The Morgan fingerprint density at radius 1 is 1.33 bits per heavy atom. The van der Waals surface area contributed by atoms with Gasteiger partial charge in [0.05, 0.1) is 6.42 Å². The molecule has 1 N–H and O–H groups in total. The van der Waals surface area contributed by atoms with E-state index in [0.717, 1.165) is 26.2 Å². The summed E-state index contributed by atoms with van der Waals surface area (Å²) in [6.45, 7) is 3.61. The van der Waals surface area contributed by atoms with Crippen molar-refractivity contribution in [2.45, 2.75) is 19.0 Å².